The number of carbonyl (C=O) groups is 1. The van der Waals surface area contributed by atoms with Crippen molar-refractivity contribution in [3.63, 3.8) is 0 Å². The maximum absolute atomic E-state index is 12.8. The Morgan fingerprint density at radius 2 is 2.12 bits per heavy atom. The number of alkyl halides is 2. The third-order valence-corrected chi connectivity index (χ3v) is 5.57. The molecule has 5 nitrogen and oxygen atoms in total. The second-order valence-electron chi connectivity index (χ2n) is 6.54. The number of hydrogen-bond acceptors (Lipinski definition) is 4. The van der Waals surface area contributed by atoms with Gasteiger partial charge in [0.25, 0.3) is 0 Å². The summed E-state index contributed by atoms with van der Waals surface area (Å²) in [5, 5.41) is 10.7. The number of benzene rings is 1. The molecule has 0 bridgehead atoms. The van der Waals surface area contributed by atoms with Gasteiger partial charge < -0.3 is 14.7 Å². The van der Waals surface area contributed by atoms with Gasteiger partial charge in [0.1, 0.15) is 28.3 Å². The molecule has 2 aliphatic rings. The van der Waals surface area contributed by atoms with Crippen molar-refractivity contribution in [2.24, 2.45) is 0 Å². The predicted molar refractivity (Wildman–Crippen MR) is 83.3 cm³/mol. The highest BCUT2D eigenvalue weighted by atomic mass is 32.2. The summed E-state index contributed by atoms with van der Waals surface area (Å²) in [7, 11) is -2.46. The van der Waals surface area contributed by atoms with E-state index >= 15 is 0 Å². The molecule has 1 aromatic carbocycles. The molecule has 1 aromatic rings. The van der Waals surface area contributed by atoms with Gasteiger partial charge in [0.15, 0.2) is 0 Å². The molecule has 1 unspecified atom stereocenters. The van der Waals surface area contributed by atoms with Gasteiger partial charge in [-0.15, -0.1) is 0 Å². The number of fused-ring (bicyclic) bond motifs is 1. The van der Waals surface area contributed by atoms with Crippen LogP contribution in [0.15, 0.2) is 23.1 Å². The van der Waals surface area contributed by atoms with Crippen LogP contribution in [0.3, 0.4) is 0 Å². The van der Waals surface area contributed by atoms with Crippen LogP contribution in [-0.2, 0) is 15.6 Å². The van der Waals surface area contributed by atoms with Crippen molar-refractivity contribution in [1.29, 1.82) is 0 Å². The number of aliphatic hydroxyl groups is 1. The fraction of sp³-hybridized carbons (Fsp3) is 0.562. The molecule has 132 valence electrons. The van der Waals surface area contributed by atoms with Crippen LogP contribution >= 0.6 is 0 Å². The van der Waals surface area contributed by atoms with E-state index in [1.807, 2.05) is 0 Å². The van der Waals surface area contributed by atoms with Gasteiger partial charge in [-0.25, -0.2) is 4.21 Å². The van der Waals surface area contributed by atoms with Gasteiger partial charge in [-0.3, -0.25) is 4.79 Å². The highest BCUT2D eigenvalue weighted by Gasteiger charge is 2.47. The Labute approximate surface area is 141 Å². The predicted octanol–water partition coefficient (Wildman–Crippen LogP) is 2.21. The summed E-state index contributed by atoms with van der Waals surface area (Å²) in [5.41, 5.74) is -0.521. The highest BCUT2D eigenvalue weighted by Crippen LogP contribution is 2.44. The lowest BCUT2D eigenvalue weighted by Gasteiger charge is -2.45. The minimum absolute atomic E-state index is 0.0455. The van der Waals surface area contributed by atoms with Crippen LogP contribution in [-0.4, -0.2) is 44.1 Å². The lowest BCUT2D eigenvalue weighted by atomic mass is 9.85. The zero-order valence-corrected chi connectivity index (χ0v) is 14.2. The van der Waals surface area contributed by atoms with Crippen LogP contribution in [0.5, 0.6) is 5.75 Å². The van der Waals surface area contributed by atoms with Crippen LogP contribution < -0.4 is 4.74 Å². The molecule has 1 fully saturated rings. The number of halogens is 2. The summed E-state index contributed by atoms with van der Waals surface area (Å²) < 4.78 is 43.0. The molecule has 0 aromatic heterocycles. The molecular weight excluding hydrogens is 340 g/mol. The van der Waals surface area contributed by atoms with Crippen molar-refractivity contribution in [3.05, 3.63) is 23.8 Å². The van der Waals surface area contributed by atoms with Crippen LogP contribution in [0.4, 0.5) is 8.78 Å². The average Bonchev–Trinajstić information content (AvgIpc) is 2.93. The minimum Gasteiger partial charge on any atom is -0.485 e. The molecule has 2 heterocycles. The van der Waals surface area contributed by atoms with Gasteiger partial charge in [0, 0.05) is 23.4 Å². The number of likely N-dealkylation sites (tertiary alicyclic amines) is 1. The maximum Gasteiger partial charge on any atom is 0.316 e. The monoisotopic (exact) mass is 359 g/mol. The Morgan fingerprint density at radius 1 is 1.42 bits per heavy atom. The van der Waals surface area contributed by atoms with Crippen LogP contribution in [0.25, 0.3) is 0 Å². The third-order valence-electron chi connectivity index (χ3n) is 4.52. The number of aliphatic hydroxyl groups excluding tert-OH is 1. The molecule has 8 heteroatoms. The molecule has 2 aliphatic heterocycles. The minimum atomic E-state index is -3.00. The van der Waals surface area contributed by atoms with Gasteiger partial charge in [0.05, 0.1) is 6.04 Å². The summed E-state index contributed by atoms with van der Waals surface area (Å²) in [6, 6.07) is 3.46. The molecule has 24 heavy (non-hydrogen) atoms. The fourth-order valence-electron chi connectivity index (χ4n) is 3.27. The molecule has 0 saturated carbocycles. The van der Waals surface area contributed by atoms with E-state index in [1.165, 1.54) is 18.2 Å². The lowest BCUT2D eigenvalue weighted by Crippen LogP contribution is -2.53. The number of ether oxygens (including phenoxy) is 1. The summed E-state index contributed by atoms with van der Waals surface area (Å²) in [4.78, 5) is 13.7. The molecule has 0 spiro atoms. The first-order chi connectivity index (χ1) is 11.2. The number of hydrogen-bond donors (Lipinski definition) is 1. The van der Waals surface area contributed by atoms with E-state index in [-0.39, 0.29) is 10.8 Å². The molecule has 0 radical (unpaired) electrons. The Morgan fingerprint density at radius 3 is 2.71 bits per heavy atom. The standard InChI is InChI=1S/C16H19F2NO4S/c1-16(2)14(21)13(19-7-3-4-12(19)20)10-8-9(24(22)15(17)18)5-6-11(10)23-16/h5-6,8,13-15,21H,3-4,7H2,1-2H3/t13-,14+,24?/m0/s1. The Bertz CT molecular complexity index is 695. The Kier molecular flexibility index (Phi) is 4.37. The van der Waals surface area contributed by atoms with E-state index in [0.717, 1.165) is 0 Å². The molecule has 1 amide bonds. The summed E-state index contributed by atoms with van der Waals surface area (Å²) in [6.45, 7) is 3.90. The van der Waals surface area contributed by atoms with E-state index < -0.39 is 34.3 Å². The van der Waals surface area contributed by atoms with Crippen molar-refractivity contribution in [2.75, 3.05) is 6.54 Å². The molecule has 3 rings (SSSR count). The van der Waals surface area contributed by atoms with E-state index in [1.54, 1.807) is 18.7 Å². The number of amides is 1. The maximum atomic E-state index is 12.8. The van der Waals surface area contributed by atoms with Crippen molar-refractivity contribution < 1.29 is 27.6 Å². The van der Waals surface area contributed by atoms with Crippen LogP contribution in [0.1, 0.15) is 38.3 Å². The molecule has 1 saturated heterocycles. The summed E-state index contributed by atoms with van der Waals surface area (Å²) in [5.74, 6) is -2.69. The topological polar surface area (TPSA) is 66.8 Å². The second kappa shape index (κ2) is 6.07. The normalized spacial score (nSPS) is 27.1. The number of rotatable bonds is 3. The van der Waals surface area contributed by atoms with Crippen LogP contribution in [0, 0.1) is 0 Å². The first-order valence-electron chi connectivity index (χ1n) is 7.71. The van der Waals surface area contributed by atoms with Gasteiger partial charge >= 0.3 is 5.76 Å². The smallest absolute Gasteiger partial charge is 0.316 e. The Balaban J connectivity index is 2.10. The molecular formula is C16H19F2NO4S. The van der Waals surface area contributed by atoms with Crippen molar-refractivity contribution in [1.82, 2.24) is 4.90 Å². The lowest BCUT2D eigenvalue weighted by molar-refractivity contribution is -0.139. The average molecular weight is 359 g/mol. The first kappa shape index (κ1) is 17.3. The van der Waals surface area contributed by atoms with E-state index in [0.29, 0.717) is 30.7 Å². The van der Waals surface area contributed by atoms with E-state index in [2.05, 4.69) is 0 Å². The molecule has 0 aliphatic carbocycles. The fourth-order valence-corrected chi connectivity index (χ4v) is 3.93. The third kappa shape index (κ3) is 2.82. The van der Waals surface area contributed by atoms with E-state index in [9.17, 15) is 22.9 Å². The SMILES string of the molecule is CC1(C)Oc2ccc(S(=O)C(F)F)cc2[C@H](N2CCCC2=O)[C@H]1O. The highest BCUT2D eigenvalue weighted by molar-refractivity contribution is 7.85. The largest absolute Gasteiger partial charge is 0.485 e. The van der Waals surface area contributed by atoms with Crippen LogP contribution in [0.2, 0.25) is 0 Å². The summed E-state index contributed by atoms with van der Waals surface area (Å²) >= 11 is 0. The van der Waals surface area contributed by atoms with Gasteiger partial charge in [0.2, 0.25) is 5.91 Å². The van der Waals surface area contributed by atoms with Gasteiger partial charge in [-0.05, 0) is 38.5 Å². The Hall–Kier alpha value is -1.54. The van der Waals surface area contributed by atoms with Crippen molar-refractivity contribution in [2.45, 2.75) is 55.1 Å². The van der Waals surface area contributed by atoms with Crippen molar-refractivity contribution >= 4 is 16.7 Å². The molecule has 1 N–H and O–H groups in total. The zero-order valence-electron chi connectivity index (χ0n) is 13.4. The second-order valence-corrected chi connectivity index (χ2v) is 7.97. The molecule has 3 atom stereocenters. The number of nitrogens with zero attached hydrogens (tertiary/aromatic N) is 1. The van der Waals surface area contributed by atoms with Gasteiger partial charge in [-0.2, -0.15) is 8.78 Å². The van der Waals surface area contributed by atoms with Gasteiger partial charge in [-0.1, -0.05) is 0 Å². The number of carbonyl (C=O) groups excluding carboxylic acids is 1. The van der Waals surface area contributed by atoms with Crippen molar-refractivity contribution in [3.8, 4) is 5.75 Å². The quantitative estimate of drug-likeness (QED) is 0.899. The first-order valence-corrected chi connectivity index (χ1v) is 8.93. The zero-order chi connectivity index (χ0) is 17.6. The summed E-state index contributed by atoms with van der Waals surface area (Å²) in [6.07, 6.45) is 0.0476. The van der Waals surface area contributed by atoms with E-state index in [4.69, 9.17) is 4.74 Å².